The Labute approximate surface area is 210 Å². The summed E-state index contributed by atoms with van der Waals surface area (Å²) < 4.78 is 3.66. The lowest BCUT2D eigenvalue weighted by Crippen LogP contribution is -2.22. The summed E-state index contributed by atoms with van der Waals surface area (Å²) in [4.78, 5) is 28.9. The fourth-order valence-corrected chi connectivity index (χ4v) is 7.02. The Balaban J connectivity index is 1.55. The fraction of sp³-hybridized carbons (Fsp3) is 0.259. The van der Waals surface area contributed by atoms with Crippen LogP contribution in [0.3, 0.4) is 0 Å². The molecule has 0 spiro atoms. The van der Waals surface area contributed by atoms with Crippen molar-refractivity contribution in [3.8, 4) is 5.69 Å². The van der Waals surface area contributed by atoms with Crippen LogP contribution in [-0.4, -0.2) is 30.7 Å². The first-order chi connectivity index (χ1) is 17.1. The molecule has 0 amide bonds. The summed E-state index contributed by atoms with van der Waals surface area (Å²) in [7, 11) is 0. The van der Waals surface area contributed by atoms with Gasteiger partial charge in [0.05, 0.1) is 16.8 Å². The molecule has 0 saturated carbocycles. The van der Waals surface area contributed by atoms with Crippen LogP contribution in [0, 0.1) is 6.92 Å². The second kappa shape index (κ2) is 9.09. The number of fused-ring (bicyclic) bond motifs is 5. The van der Waals surface area contributed by atoms with Gasteiger partial charge < -0.3 is 0 Å². The highest BCUT2D eigenvalue weighted by Crippen LogP contribution is 2.36. The lowest BCUT2D eigenvalue weighted by molar-refractivity contribution is 0.102. The predicted molar refractivity (Wildman–Crippen MR) is 141 cm³/mol. The zero-order chi connectivity index (χ0) is 23.9. The Kier molecular flexibility index (Phi) is 5.78. The van der Waals surface area contributed by atoms with E-state index in [4.69, 9.17) is 0 Å². The van der Waals surface area contributed by atoms with Gasteiger partial charge in [-0.1, -0.05) is 66.2 Å². The van der Waals surface area contributed by atoms with E-state index in [0.717, 1.165) is 47.2 Å². The summed E-state index contributed by atoms with van der Waals surface area (Å²) in [6.07, 6.45) is 5.34. The highest BCUT2D eigenvalue weighted by molar-refractivity contribution is 7.99. The van der Waals surface area contributed by atoms with E-state index < -0.39 is 0 Å². The van der Waals surface area contributed by atoms with E-state index in [1.165, 1.54) is 28.6 Å². The van der Waals surface area contributed by atoms with Gasteiger partial charge in [-0.15, -0.1) is 21.5 Å². The number of hydrogen-bond donors (Lipinski definition) is 0. The van der Waals surface area contributed by atoms with Gasteiger partial charge >= 0.3 is 0 Å². The molecule has 0 saturated heterocycles. The number of carbonyl (C=O) groups is 1. The van der Waals surface area contributed by atoms with Crippen molar-refractivity contribution in [3.05, 3.63) is 86.5 Å². The molecule has 2 aromatic carbocycles. The number of thiophene rings is 1. The van der Waals surface area contributed by atoms with Gasteiger partial charge in [0.15, 0.2) is 10.9 Å². The van der Waals surface area contributed by atoms with Crippen molar-refractivity contribution in [2.24, 2.45) is 0 Å². The average Bonchev–Trinajstić information content (AvgIpc) is 3.38. The number of rotatable bonds is 5. The van der Waals surface area contributed by atoms with Gasteiger partial charge in [-0.3, -0.25) is 9.59 Å². The van der Waals surface area contributed by atoms with Crippen molar-refractivity contribution < 1.29 is 4.79 Å². The minimum Gasteiger partial charge on any atom is -0.293 e. The lowest BCUT2D eigenvalue weighted by atomic mass is 10.1. The number of benzene rings is 2. The maximum absolute atomic E-state index is 14.0. The normalized spacial score (nSPS) is 13.7. The van der Waals surface area contributed by atoms with E-state index in [0.29, 0.717) is 16.5 Å². The Morgan fingerprint density at radius 2 is 1.77 bits per heavy atom. The summed E-state index contributed by atoms with van der Waals surface area (Å²) in [6, 6.07) is 17.2. The van der Waals surface area contributed by atoms with Gasteiger partial charge in [-0.25, -0.2) is 8.97 Å². The Hall–Kier alpha value is -3.23. The van der Waals surface area contributed by atoms with Gasteiger partial charge in [-0.05, 0) is 50.3 Å². The largest absolute Gasteiger partial charge is 0.293 e. The molecular weight excluding hydrogens is 476 g/mol. The van der Waals surface area contributed by atoms with Crippen LogP contribution in [0.25, 0.3) is 21.7 Å². The third-order valence-corrected chi connectivity index (χ3v) is 8.77. The third-order valence-electron chi connectivity index (χ3n) is 6.56. The SMILES string of the molecule is Cc1ccc(-n2c(=O)c3c4c(sc3n3c(SCC(=O)c5ccccc5)nnc23)CCCCC4)cc1. The molecule has 35 heavy (non-hydrogen) atoms. The topological polar surface area (TPSA) is 69.3 Å². The number of aromatic nitrogens is 4. The molecule has 0 radical (unpaired) electrons. The summed E-state index contributed by atoms with van der Waals surface area (Å²) in [6.45, 7) is 2.03. The number of aryl methyl sites for hydroxylation is 3. The van der Waals surface area contributed by atoms with Crippen molar-refractivity contribution in [2.45, 2.75) is 44.2 Å². The van der Waals surface area contributed by atoms with Gasteiger partial charge in [0, 0.05) is 10.4 Å². The van der Waals surface area contributed by atoms with Crippen LogP contribution in [0.2, 0.25) is 0 Å². The zero-order valence-electron chi connectivity index (χ0n) is 19.4. The molecule has 0 unspecified atom stereocenters. The Morgan fingerprint density at radius 3 is 2.57 bits per heavy atom. The molecule has 0 bridgehead atoms. The number of carbonyl (C=O) groups excluding carboxylic acids is 1. The quantitative estimate of drug-likeness (QED) is 0.177. The van der Waals surface area contributed by atoms with Crippen LogP contribution in [-0.2, 0) is 12.8 Å². The van der Waals surface area contributed by atoms with Crippen LogP contribution in [0.5, 0.6) is 0 Å². The number of Topliss-reactive ketones (excluding diaryl/α,β-unsaturated/α-hetero) is 1. The van der Waals surface area contributed by atoms with Crippen molar-refractivity contribution in [3.63, 3.8) is 0 Å². The summed E-state index contributed by atoms with van der Waals surface area (Å²) in [5.41, 5.74) is 3.71. The summed E-state index contributed by atoms with van der Waals surface area (Å²) >= 11 is 3.05. The van der Waals surface area contributed by atoms with E-state index in [9.17, 15) is 9.59 Å². The number of ketones is 1. The highest BCUT2D eigenvalue weighted by atomic mass is 32.2. The fourth-order valence-electron chi connectivity index (χ4n) is 4.75. The predicted octanol–water partition coefficient (Wildman–Crippen LogP) is 5.65. The van der Waals surface area contributed by atoms with Gasteiger partial charge in [0.25, 0.3) is 5.56 Å². The first-order valence-electron chi connectivity index (χ1n) is 11.8. The number of nitrogens with zero attached hydrogens (tertiary/aromatic N) is 4. The van der Waals surface area contributed by atoms with Crippen molar-refractivity contribution in [1.82, 2.24) is 19.2 Å². The molecule has 3 aromatic heterocycles. The molecule has 3 heterocycles. The minimum atomic E-state index is -0.0416. The molecule has 5 aromatic rings. The van der Waals surface area contributed by atoms with Crippen molar-refractivity contribution in [2.75, 3.05) is 5.75 Å². The van der Waals surface area contributed by atoms with Gasteiger partial charge in [-0.2, -0.15) is 0 Å². The smallest absolute Gasteiger partial charge is 0.268 e. The van der Waals surface area contributed by atoms with E-state index in [1.807, 2.05) is 65.9 Å². The molecule has 0 atom stereocenters. The summed E-state index contributed by atoms with van der Waals surface area (Å²) in [5.74, 6) is 0.774. The second-order valence-electron chi connectivity index (χ2n) is 8.92. The molecule has 0 fully saturated rings. The van der Waals surface area contributed by atoms with E-state index >= 15 is 0 Å². The van der Waals surface area contributed by atoms with Crippen molar-refractivity contribution in [1.29, 1.82) is 0 Å². The molecule has 8 heteroatoms. The molecule has 6 rings (SSSR count). The maximum atomic E-state index is 14.0. The standard InChI is InChI=1S/C27H24N4O2S2/c1-17-12-14-19(15-13-17)30-24(33)23-20-10-6-3-7-11-22(20)35-25(23)31-26(30)28-29-27(31)34-16-21(32)18-8-4-2-5-9-18/h2,4-5,8-9,12-15H,3,6-7,10-11,16H2,1H3. The van der Waals surface area contributed by atoms with Crippen LogP contribution < -0.4 is 5.56 Å². The number of thioether (sulfide) groups is 1. The van der Waals surface area contributed by atoms with E-state index in [1.54, 1.807) is 15.9 Å². The lowest BCUT2D eigenvalue weighted by Gasteiger charge is -2.10. The molecule has 6 nitrogen and oxygen atoms in total. The minimum absolute atomic E-state index is 0.0393. The maximum Gasteiger partial charge on any atom is 0.268 e. The highest BCUT2D eigenvalue weighted by Gasteiger charge is 2.25. The molecule has 0 aliphatic heterocycles. The van der Waals surface area contributed by atoms with Gasteiger partial charge in [0.2, 0.25) is 5.78 Å². The monoisotopic (exact) mass is 500 g/mol. The molecule has 0 N–H and O–H groups in total. The average molecular weight is 501 g/mol. The molecule has 1 aliphatic carbocycles. The molecule has 176 valence electrons. The summed E-state index contributed by atoms with van der Waals surface area (Å²) in [5, 5.41) is 10.3. The van der Waals surface area contributed by atoms with Crippen LogP contribution in [0.15, 0.2) is 64.5 Å². The molecule has 1 aliphatic rings. The van der Waals surface area contributed by atoms with Crippen molar-refractivity contribution >= 4 is 44.9 Å². The third kappa shape index (κ3) is 3.90. The second-order valence-corrected chi connectivity index (χ2v) is 10.9. The first kappa shape index (κ1) is 22.2. The Morgan fingerprint density at radius 1 is 1.00 bits per heavy atom. The van der Waals surface area contributed by atoms with Crippen LogP contribution in [0.1, 0.15) is 45.6 Å². The van der Waals surface area contributed by atoms with Crippen LogP contribution >= 0.6 is 23.1 Å². The molecular formula is C27H24N4O2S2. The Bertz CT molecular complexity index is 1620. The van der Waals surface area contributed by atoms with E-state index in [2.05, 4.69) is 10.2 Å². The van der Waals surface area contributed by atoms with E-state index in [-0.39, 0.29) is 17.1 Å². The number of hydrogen-bond acceptors (Lipinski definition) is 6. The first-order valence-corrected chi connectivity index (χ1v) is 13.6. The van der Waals surface area contributed by atoms with Crippen LogP contribution in [0.4, 0.5) is 0 Å². The zero-order valence-corrected chi connectivity index (χ0v) is 21.0. The van der Waals surface area contributed by atoms with Gasteiger partial charge in [0.1, 0.15) is 4.83 Å².